The van der Waals surface area contributed by atoms with Crippen molar-refractivity contribution in [2.75, 3.05) is 0 Å². The van der Waals surface area contributed by atoms with Crippen LogP contribution in [-0.2, 0) is 0 Å². The quantitative estimate of drug-likeness (QED) is 0.757. The zero-order chi connectivity index (χ0) is 10.0. The van der Waals surface area contributed by atoms with Crippen LogP contribution in [0.15, 0.2) is 18.2 Å². The van der Waals surface area contributed by atoms with Crippen molar-refractivity contribution in [3.8, 4) is 0 Å². The third kappa shape index (κ3) is 2.60. The fraction of sp³-hybridized carbons (Fsp3) is 0.400. The van der Waals surface area contributed by atoms with Crippen molar-refractivity contribution in [1.29, 1.82) is 0 Å². The zero-order valence-corrected chi connectivity index (χ0v) is 9.10. The summed E-state index contributed by atoms with van der Waals surface area (Å²) in [6.07, 6.45) is -0.803. The lowest BCUT2D eigenvalue weighted by atomic mass is 10.0. The Morgan fingerprint density at radius 2 is 1.85 bits per heavy atom. The molecule has 0 aliphatic carbocycles. The number of rotatable bonds is 2. The molecule has 1 aromatic rings. The van der Waals surface area contributed by atoms with Crippen LogP contribution < -0.4 is 0 Å². The van der Waals surface area contributed by atoms with Gasteiger partial charge in [-0.15, -0.1) is 23.2 Å². The lowest BCUT2D eigenvalue weighted by molar-refractivity contribution is 0.192. The molecule has 72 valence electrons. The molecule has 0 spiro atoms. The molecule has 0 radical (unpaired) electrons. The van der Waals surface area contributed by atoms with Crippen LogP contribution in [0, 0.1) is 13.8 Å². The minimum absolute atomic E-state index is 0.777. The van der Waals surface area contributed by atoms with E-state index in [4.69, 9.17) is 23.2 Å². The second-order valence-electron chi connectivity index (χ2n) is 3.14. The summed E-state index contributed by atoms with van der Waals surface area (Å²) in [7, 11) is 0. The summed E-state index contributed by atoms with van der Waals surface area (Å²) < 4.78 is 0. The summed E-state index contributed by atoms with van der Waals surface area (Å²) in [6, 6.07) is 5.84. The summed E-state index contributed by atoms with van der Waals surface area (Å²) >= 11 is 11.2. The van der Waals surface area contributed by atoms with Gasteiger partial charge < -0.3 is 5.11 Å². The lowest BCUT2D eigenvalue weighted by Crippen LogP contribution is -2.07. The van der Waals surface area contributed by atoms with E-state index in [0.29, 0.717) is 0 Å². The molecule has 0 aliphatic heterocycles. The number of aliphatic hydroxyl groups is 1. The highest BCUT2D eigenvalue weighted by Gasteiger charge is 2.17. The first-order valence-corrected chi connectivity index (χ1v) is 4.93. The first-order chi connectivity index (χ1) is 6.02. The van der Waals surface area contributed by atoms with Gasteiger partial charge in [-0.3, -0.25) is 0 Å². The second kappa shape index (κ2) is 4.32. The number of halogens is 2. The van der Waals surface area contributed by atoms with E-state index in [1.54, 1.807) is 0 Å². The number of aryl methyl sites for hydroxylation is 2. The van der Waals surface area contributed by atoms with Crippen molar-refractivity contribution < 1.29 is 5.11 Å². The van der Waals surface area contributed by atoms with Crippen LogP contribution >= 0.6 is 23.2 Å². The highest BCUT2D eigenvalue weighted by molar-refractivity contribution is 6.44. The van der Waals surface area contributed by atoms with E-state index < -0.39 is 10.9 Å². The third-order valence-electron chi connectivity index (χ3n) is 1.99. The Hall–Kier alpha value is -0.240. The van der Waals surface area contributed by atoms with Gasteiger partial charge in [0.25, 0.3) is 0 Å². The Bertz CT molecular complexity index is 297. The Kier molecular flexibility index (Phi) is 3.60. The molecule has 1 unspecified atom stereocenters. The fourth-order valence-electron chi connectivity index (χ4n) is 1.21. The van der Waals surface area contributed by atoms with Gasteiger partial charge >= 0.3 is 0 Å². The Morgan fingerprint density at radius 1 is 1.23 bits per heavy atom. The van der Waals surface area contributed by atoms with Crippen LogP contribution in [0.1, 0.15) is 22.8 Å². The van der Waals surface area contributed by atoms with Gasteiger partial charge in [0, 0.05) is 0 Å². The maximum atomic E-state index is 9.64. The standard InChI is InChI=1S/C10H12Cl2O/c1-6-3-4-7(2)8(5-6)9(13)10(11)12/h3-5,9-10,13H,1-2H3. The van der Waals surface area contributed by atoms with Gasteiger partial charge in [0.2, 0.25) is 0 Å². The molecule has 0 amide bonds. The van der Waals surface area contributed by atoms with Crippen molar-refractivity contribution >= 4 is 23.2 Å². The molecule has 1 aromatic carbocycles. The van der Waals surface area contributed by atoms with Crippen LogP contribution in [0.3, 0.4) is 0 Å². The van der Waals surface area contributed by atoms with E-state index in [1.165, 1.54) is 0 Å². The molecule has 1 atom stereocenters. The highest BCUT2D eigenvalue weighted by Crippen LogP contribution is 2.26. The summed E-state index contributed by atoms with van der Waals surface area (Å²) in [5, 5.41) is 9.64. The molecule has 3 heteroatoms. The normalized spacial score (nSPS) is 13.4. The van der Waals surface area contributed by atoms with E-state index in [1.807, 2.05) is 32.0 Å². The first kappa shape index (κ1) is 10.8. The molecule has 1 nitrogen and oxygen atoms in total. The molecule has 13 heavy (non-hydrogen) atoms. The molecule has 0 heterocycles. The summed E-state index contributed by atoms with van der Waals surface area (Å²) in [5.41, 5.74) is 2.90. The number of hydrogen-bond acceptors (Lipinski definition) is 1. The smallest absolute Gasteiger partial charge is 0.137 e. The van der Waals surface area contributed by atoms with Gasteiger partial charge in [0.05, 0.1) is 0 Å². The molecular formula is C10H12Cl2O. The van der Waals surface area contributed by atoms with Crippen molar-refractivity contribution in [2.24, 2.45) is 0 Å². The Balaban J connectivity index is 3.05. The van der Waals surface area contributed by atoms with Crippen molar-refractivity contribution in [2.45, 2.75) is 24.8 Å². The Morgan fingerprint density at radius 3 is 2.38 bits per heavy atom. The van der Waals surface area contributed by atoms with Crippen molar-refractivity contribution in [3.05, 3.63) is 34.9 Å². The zero-order valence-electron chi connectivity index (χ0n) is 7.59. The van der Waals surface area contributed by atoms with Crippen LogP contribution in [0.25, 0.3) is 0 Å². The van der Waals surface area contributed by atoms with Crippen LogP contribution in [0.5, 0.6) is 0 Å². The van der Waals surface area contributed by atoms with Gasteiger partial charge in [0.15, 0.2) is 0 Å². The summed E-state index contributed by atoms with van der Waals surface area (Å²) in [4.78, 5) is -0.777. The minimum atomic E-state index is -0.803. The molecule has 1 rings (SSSR count). The van der Waals surface area contributed by atoms with Crippen LogP contribution in [0.4, 0.5) is 0 Å². The largest absolute Gasteiger partial charge is 0.386 e. The molecule has 0 fully saturated rings. The lowest BCUT2D eigenvalue weighted by Gasteiger charge is -2.14. The topological polar surface area (TPSA) is 20.2 Å². The van der Waals surface area contributed by atoms with Gasteiger partial charge in [-0.1, -0.05) is 23.8 Å². The van der Waals surface area contributed by atoms with E-state index >= 15 is 0 Å². The maximum Gasteiger partial charge on any atom is 0.137 e. The van der Waals surface area contributed by atoms with Gasteiger partial charge in [-0.05, 0) is 25.0 Å². The highest BCUT2D eigenvalue weighted by atomic mass is 35.5. The maximum absolute atomic E-state index is 9.64. The summed E-state index contributed by atoms with van der Waals surface area (Å²) in [5.74, 6) is 0. The van der Waals surface area contributed by atoms with E-state index in [-0.39, 0.29) is 0 Å². The molecule has 0 saturated heterocycles. The van der Waals surface area contributed by atoms with Crippen molar-refractivity contribution in [3.63, 3.8) is 0 Å². The molecule has 0 aromatic heterocycles. The average Bonchev–Trinajstić information content (AvgIpc) is 2.08. The van der Waals surface area contributed by atoms with Crippen molar-refractivity contribution in [1.82, 2.24) is 0 Å². The monoisotopic (exact) mass is 218 g/mol. The number of aliphatic hydroxyl groups excluding tert-OH is 1. The van der Waals surface area contributed by atoms with E-state index in [9.17, 15) is 5.11 Å². The molecule has 0 aliphatic rings. The fourth-order valence-corrected chi connectivity index (χ4v) is 1.49. The van der Waals surface area contributed by atoms with Gasteiger partial charge in [0.1, 0.15) is 10.9 Å². The molecular weight excluding hydrogens is 207 g/mol. The number of benzene rings is 1. The SMILES string of the molecule is Cc1ccc(C)c(C(O)C(Cl)Cl)c1. The summed E-state index contributed by atoms with van der Waals surface area (Å²) in [6.45, 7) is 3.89. The average molecular weight is 219 g/mol. The number of alkyl halides is 2. The molecule has 0 bridgehead atoms. The van der Waals surface area contributed by atoms with Gasteiger partial charge in [-0.25, -0.2) is 0 Å². The van der Waals surface area contributed by atoms with Crippen LogP contribution in [-0.4, -0.2) is 9.94 Å². The van der Waals surface area contributed by atoms with E-state index in [0.717, 1.165) is 16.7 Å². The predicted octanol–water partition coefficient (Wildman–Crippen LogP) is 3.14. The van der Waals surface area contributed by atoms with Gasteiger partial charge in [-0.2, -0.15) is 0 Å². The van der Waals surface area contributed by atoms with E-state index in [2.05, 4.69) is 0 Å². The minimum Gasteiger partial charge on any atom is -0.386 e. The molecule has 1 N–H and O–H groups in total. The number of hydrogen-bond donors (Lipinski definition) is 1. The van der Waals surface area contributed by atoms with Crippen LogP contribution in [0.2, 0.25) is 0 Å². The Labute approximate surface area is 88.3 Å². The predicted molar refractivity (Wildman–Crippen MR) is 56.4 cm³/mol. The third-order valence-corrected chi connectivity index (χ3v) is 2.47. The second-order valence-corrected chi connectivity index (χ2v) is 4.30. The molecule has 0 saturated carbocycles. The first-order valence-electron chi connectivity index (χ1n) is 4.05.